The summed E-state index contributed by atoms with van der Waals surface area (Å²) in [7, 11) is 0. The van der Waals surface area contributed by atoms with Crippen LogP contribution in [0.3, 0.4) is 0 Å². The Hall–Kier alpha value is -2.48. The minimum Gasteiger partial charge on any atom is -0.437 e. The minimum absolute atomic E-state index is 0.214. The zero-order valence-electron chi connectivity index (χ0n) is 15.0. The van der Waals surface area contributed by atoms with Crippen LogP contribution in [0.1, 0.15) is 35.8 Å². The molecule has 3 rings (SSSR count). The van der Waals surface area contributed by atoms with E-state index in [4.69, 9.17) is 4.74 Å². The molecule has 2 aromatic heterocycles. The van der Waals surface area contributed by atoms with Crippen LogP contribution in [0, 0.1) is 6.92 Å². The van der Waals surface area contributed by atoms with Gasteiger partial charge in [0, 0.05) is 18.3 Å². The maximum atomic E-state index is 12.7. The van der Waals surface area contributed by atoms with Crippen molar-refractivity contribution >= 4 is 0 Å². The summed E-state index contributed by atoms with van der Waals surface area (Å²) in [5.41, 5.74) is -0.0812. The number of alkyl halides is 3. The number of likely N-dealkylation sites (tertiary alicyclic amines) is 1. The van der Waals surface area contributed by atoms with Gasteiger partial charge in [0.25, 0.3) is 0 Å². The summed E-state index contributed by atoms with van der Waals surface area (Å²) in [6.45, 7) is 8.24. The van der Waals surface area contributed by atoms with Gasteiger partial charge in [0.1, 0.15) is 17.3 Å². The number of hydrogen-bond acceptors (Lipinski definition) is 5. The van der Waals surface area contributed by atoms with Crippen molar-refractivity contribution in [3.05, 3.63) is 54.3 Å². The van der Waals surface area contributed by atoms with Gasteiger partial charge in [-0.1, -0.05) is 6.08 Å². The molecule has 0 bridgehead atoms. The number of nitrogens with zero attached hydrogens (tertiary/aromatic N) is 4. The summed E-state index contributed by atoms with van der Waals surface area (Å²) in [6.07, 6.45) is 2.10. The molecule has 0 aromatic carbocycles. The van der Waals surface area contributed by atoms with Crippen LogP contribution >= 0.6 is 0 Å². The summed E-state index contributed by atoms with van der Waals surface area (Å²) < 4.78 is 43.8. The number of hydrogen-bond donors (Lipinski definition) is 0. The highest BCUT2D eigenvalue weighted by molar-refractivity contribution is 5.33. The monoisotopic (exact) mass is 378 g/mol. The molecule has 0 atom stereocenters. The fourth-order valence-corrected chi connectivity index (χ4v) is 3.15. The van der Waals surface area contributed by atoms with Crippen molar-refractivity contribution in [2.75, 3.05) is 19.6 Å². The molecule has 1 fully saturated rings. The van der Waals surface area contributed by atoms with Crippen molar-refractivity contribution in [3.63, 3.8) is 0 Å². The van der Waals surface area contributed by atoms with E-state index in [0.717, 1.165) is 50.3 Å². The molecule has 0 amide bonds. The highest BCUT2D eigenvalue weighted by atomic mass is 19.4. The second kappa shape index (κ2) is 8.04. The number of ether oxygens (including phenoxy) is 1. The molecule has 1 saturated heterocycles. The van der Waals surface area contributed by atoms with Gasteiger partial charge >= 0.3 is 6.18 Å². The Kier molecular flexibility index (Phi) is 5.74. The Balaban J connectivity index is 1.78. The highest BCUT2D eigenvalue weighted by Gasteiger charge is 2.32. The van der Waals surface area contributed by atoms with E-state index in [1.807, 2.05) is 6.08 Å². The van der Waals surface area contributed by atoms with Crippen LogP contribution in [-0.4, -0.2) is 39.5 Å². The quantitative estimate of drug-likeness (QED) is 0.724. The van der Waals surface area contributed by atoms with E-state index >= 15 is 0 Å². The van der Waals surface area contributed by atoms with Gasteiger partial charge in [0.2, 0.25) is 5.88 Å². The number of pyridine rings is 1. The maximum Gasteiger partial charge on any atom is 0.433 e. The maximum absolute atomic E-state index is 12.7. The lowest BCUT2D eigenvalue weighted by Crippen LogP contribution is -2.33. The summed E-state index contributed by atoms with van der Waals surface area (Å²) in [6, 6.07) is 2.15. The van der Waals surface area contributed by atoms with Crippen LogP contribution in [0.4, 0.5) is 13.2 Å². The molecule has 3 heterocycles. The van der Waals surface area contributed by atoms with Crippen LogP contribution in [-0.2, 0) is 6.18 Å². The average molecular weight is 378 g/mol. The van der Waals surface area contributed by atoms with Crippen LogP contribution in [0.5, 0.6) is 11.6 Å². The third-order valence-electron chi connectivity index (χ3n) is 4.56. The van der Waals surface area contributed by atoms with Crippen molar-refractivity contribution in [2.24, 2.45) is 0 Å². The van der Waals surface area contributed by atoms with E-state index in [1.54, 1.807) is 13.1 Å². The Morgan fingerprint density at radius 1 is 1.22 bits per heavy atom. The van der Waals surface area contributed by atoms with Gasteiger partial charge in [-0.3, -0.25) is 4.90 Å². The third kappa shape index (κ3) is 4.82. The first-order chi connectivity index (χ1) is 12.9. The van der Waals surface area contributed by atoms with E-state index in [0.29, 0.717) is 11.7 Å². The van der Waals surface area contributed by atoms with Gasteiger partial charge < -0.3 is 4.74 Å². The van der Waals surface area contributed by atoms with Gasteiger partial charge in [0.05, 0.1) is 6.20 Å². The Morgan fingerprint density at radius 2 is 1.96 bits per heavy atom. The standard InChI is InChI=1S/C19H21F3N4O/c1-3-8-26-9-6-14(7-10-26)16-12-23-13(2)25-18(16)27-15-4-5-17(24-11-15)19(20,21)22/h3-5,11-12,14H,1,6-10H2,2H3. The van der Waals surface area contributed by atoms with Crippen LogP contribution in [0.25, 0.3) is 0 Å². The molecule has 0 unspecified atom stereocenters. The molecule has 27 heavy (non-hydrogen) atoms. The minimum atomic E-state index is -4.48. The van der Waals surface area contributed by atoms with Crippen molar-refractivity contribution in [1.29, 1.82) is 0 Å². The molecular weight excluding hydrogens is 357 g/mol. The molecule has 5 nitrogen and oxygen atoms in total. The van der Waals surface area contributed by atoms with E-state index in [2.05, 4.69) is 26.4 Å². The van der Waals surface area contributed by atoms with Crippen LogP contribution in [0.2, 0.25) is 0 Å². The van der Waals surface area contributed by atoms with Gasteiger partial charge in [-0.05, 0) is 50.9 Å². The van der Waals surface area contributed by atoms with Crippen molar-refractivity contribution in [3.8, 4) is 11.6 Å². The van der Waals surface area contributed by atoms with Crippen molar-refractivity contribution in [2.45, 2.75) is 31.9 Å². The van der Waals surface area contributed by atoms with Crippen LogP contribution in [0.15, 0.2) is 37.2 Å². The zero-order valence-corrected chi connectivity index (χ0v) is 15.0. The molecule has 0 radical (unpaired) electrons. The molecule has 1 aliphatic heterocycles. The lowest BCUT2D eigenvalue weighted by atomic mass is 9.91. The Bertz CT molecular complexity index is 785. The molecular formula is C19H21F3N4O. The van der Waals surface area contributed by atoms with Crippen LogP contribution < -0.4 is 4.74 Å². The van der Waals surface area contributed by atoms with E-state index in [1.165, 1.54) is 6.07 Å². The fraction of sp³-hybridized carbons (Fsp3) is 0.421. The molecule has 0 aliphatic carbocycles. The molecule has 8 heteroatoms. The first-order valence-corrected chi connectivity index (χ1v) is 8.74. The number of aromatic nitrogens is 3. The SMILES string of the molecule is C=CCN1CCC(c2cnc(C)nc2Oc2ccc(C(F)(F)F)nc2)CC1. The molecule has 1 aliphatic rings. The Labute approximate surface area is 155 Å². The topological polar surface area (TPSA) is 51.1 Å². The third-order valence-corrected chi connectivity index (χ3v) is 4.56. The number of piperidine rings is 1. The number of halogens is 3. The smallest absolute Gasteiger partial charge is 0.433 e. The van der Waals surface area contributed by atoms with Gasteiger partial charge in [0.15, 0.2) is 0 Å². The summed E-state index contributed by atoms with van der Waals surface area (Å²) in [4.78, 5) is 14.4. The first-order valence-electron chi connectivity index (χ1n) is 8.74. The largest absolute Gasteiger partial charge is 0.437 e. The summed E-state index contributed by atoms with van der Waals surface area (Å²) in [5, 5.41) is 0. The van der Waals surface area contributed by atoms with Gasteiger partial charge in [-0.15, -0.1) is 6.58 Å². The van der Waals surface area contributed by atoms with Crippen molar-refractivity contribution in [1.82, 2.24) is 19.9 Å². The number of aryl methyl sites for hydroxylation is 1. The molecule has 144 valence electrons. The normalized spacial score (nSPS) is 16.3. The lowest BCUT2D eigenvalue weighted by molar-refractivity contribution is -0.141. The number of rotatable bonds is 5. The average Bonchev–Trinajstić information content (AvgIpc) is 2.63. The van der Waals surface area contributed by atoms with E-state index in [9.17, 15) is 13.2 Å². The zero-order chi connectivity index (χ0) is 19.4. The second-order valence-corrected chi connectivity index (χ2v) is 6.52. The lowest BCUT2D eigenvalue weighted by Gasteiger charge is -2.31. The summed E-state index contributed by atoms with van der Waals surface area (Å²) in [5.74, 6) is 1.37. The second-order valence-electron chi connectivity index (χ2n) is 6.52. The predicted octanol–water partition coefficient (Wildman–Crippen LogP) is 4.36. The highest BCUT2D eigenvalue weighted by Crippen LogP contribution is 2.35. The molecule has 0 N–H and O–H groups in total. The van der Waals surface area contributed by atoms with Gasteiger partial charge in [-0.25, -0.2) is 9.97 Å². The fourth-order valence-electron chi connectivity index (χ4n) is 3.15. The Morgan fingerprint density at radius 3 is 2.56 bits per heavy atom. The van der Waals surface area contributed by atoms with Crippen molar-refractivity contribution < 1.29 is 17.9 Å². The predicted molar refractivity (Wildman–Crippen MR) is 94.7 cm³/mol. The summed E-state index contributed by atoms with van der Waals surface area (Å²) >= 11 is 0. The molecule has 0 spiro atoms. The van der Waals surface area contributed by atoms with E-state index in [-0.39, 0.29) is 11.7 Å². The molecule has 0 saturated carbocycles. The molecule has 2 aromatic rings. The van der Waals surface area contributed by atoms with Gasteiger partial charge in [-0.2, -0.15) is 18.2 Å². The van der Waals surface area contributed by atoms with E-state index < -0.39 is 11.9 Å². The first kappa shape index (κ1) is 19.3.